The summed E-state index contributed by atoms with van der Waals surface area (Å²) in [5.41, 5.74) is 1.90. The average molecular weight is 392 g/mol. The molecule has 152 valence electrons. The number of carbonyl (C=O) groups is 2. The summed E-state index contributed by atoms with van der Waals surface area (Å²) >= 11 is 0. The lowest BCUT2D eigenvalue weighted by atomic mass is 9.64. The Hall–Kier alpha value is -2.82. The predicted octanol–water partition coefficient (Wildman–Crippen LogP) is 3.12. The molecule has 0 heterocycles. The summed E-state index contributed by atoms with van der Waals surface area (Å²) in [7, 11) is 0. The zero-order valence-corrected chi connectivity index (χ0v) is 16.7. The number of amides is 2. The standard InChI is InChI=1S/C24H28N2O3/c27-22(26-20-9-10-20)17-29-21-11-7-18(8-12-21)13-16-25-23(28)24(14-4-15-24)19-5-2-1-3-6-19/h1-3,5-8,11-12,20H,4,9-10,13-17H2,(H,25,28)(H,26,27). The van der Waals surface area contributed by atoms with E-state index in [9.17, 15) is 9.59 Å². The fourth-order valence-corrected chi connectivity index (χ4v) is 3.82. The quantitative estimate of drug-likeness (QED) is 0.689. The number of rotatable bonds is 9. The molecule has 2 fully saturated rings. The molecular weight excluding hydrogens is 364 g/mol. The molecule has 0 aliphatic heterocycles. The highest BCUT2D eigenvalue weighted by Crippen LogP contribution is 2.43. The topological polar surface area (TPSA) is 67.4 Å². The molecule has 0 unspecified atom stereocenters. The number of hydrogen-bond acceptors (Lipinski definition) is 3. The van der Waals surface area contributed by atoms with Gasteiger partial charge in [-0.2, -0.15) is 0 Å². The molecule has 0 radical (unpaired) electrons. The number of hydrogen-bond donors (Lipinski definition) is 2. The van der Waals surface area contributed by atoms with Gasteiger partial charge in [-0.1, -0.05) is 48.9 Å². The largest absolute Gasteiger partial charge is 0.484 e. The summed E-state index contributed by atoms with van der Waals surface area (Å²) in [5, 5.41) is 6.03. The molecule has 0 saturated heterocycles. The van der Waals surface area contributed by atoms with E-state index in [-0.39, 0.29) is 23.8 Å². The third kappa shape index (κ3) is 4.78. The molecule has 2 N–H and O–H groups in total. The zero-order valence-electron chi connectivity index (χ0n) is 16.7. The van der Waals surface area contributed by atoms with Crippen molar-refractivity contribution in [2.24, 2.45) is 0 Å². The van der Waals surface area contributed by atoms with Gasteiger partial charge < -0.3 is 15.4 Å². The molecule has 5 heteroatoms. The van der Waals surface area contributed by atoms with Crippen molar-refractivity contribution in [1.29, 1.82) is 0 Å². The summed E-state index contributed by atoms with van der Waals surface area (Å²) in [6, 6.07) is 18.2. The molecule has 0 bridgehead atoms. The van der Waals surface area contributed by atoms with Gasteiger partial charge in [-0.3, -0.25) is 9.59 Å². The van der Waals surface area contributed by atoms with Crippen LogP contribution in [0.4, 0.5) is 0 Å². The minimum absolute atomic E-state index is 0.0491. The summed E-state index contributed by atoms with van der Waals surface area (Å²) in [5.74, 6) is 0.750. The van der Waals surface area contributed by atoms with Gasteiger partial charge in [0.05, 0.1) is 5.41 Å². The molecule has 2 amide bonds. The maximum atomic E-state index is 12.9. The first-order valence-corrected chi connectivity index (χ1v) is 10.5. The number of nitrogens with one attached hydrogen (secondary N) is 2. The molecule has 2 aliphatic rings. The lowest BCUT2D eigenvalue weighted by Gasteiger charge is -2.40. The third-order valence-corrected chi connectivity index (χ3v) is 5.90. The molecule has 4 rings (SSSR count). The minimum Gasteiger partial charge on any atom is -0.484 e. The highest BCUT2D eigenvalue weighted by Gasteiger charge is 2.45. The fourth-order valence-electron chi connectivity index (χ4n) is 3.82. The predicted molar refractivity (Wildman–Crippen MR) is 112 cm³/mol. The van der Waals surface area contributed by atoms with Crippen LogP contribution in [0.1, 0.15) is 43.2 Å². The second kappa shape index (κ2) is 8.68. The van der Waals surface area contributed by atoms with Crippen LogP contribution >= 0.6 is 0 Å². The van der Waals surface area contributed by atoms with E-state index < -0.39 is 0 Å². The maximum Gasteiger partial charge on any atom is 0.258 e. The summed E-state index contributed by atoms with van der Waals surface area (Å²) in [6.07, 6.45) is 5.85. The van der Waals surface area contributed by atoms with Crippen molar-refractivity contribution in [3.05, 3.63) is 65.7 Å². The lowest BCUT2D eigenvalue weighted by Crippen LogP contribution is -2.49. The van der Waals surface area contributed by atoms with Crippen LogP contribution in [0.3, 0.4) is 0 Å². The van der Waals surface area contributed by atoms with E-state index in [1.807, 2.05) is 42.5 Å². The van der Waals surface area contributed by atoms with Crippen molar-refractivity contribution in [3.8, 4) is 5.75 Å². The third-order valence-electron chi connectivity index (χ3n) is 5.90. The Bertz CT molecular complexity index is 840. The molecule has 2 saturated carbocycles. The van der Waals surface area contributed by atoms with E-state index >= 15 is 0 Å². The SMILES string of the molecule is O=C(COc1ccc(CCNC(=O)C2(c3ccccc3)CCC2)cc1)NC1CC1. The van der Waals surface area contributed by atoms with Crippen molar-refractivity contribution in [2.45, 2.75) is 50.0 Å². The van der Waals surface area contributed by atoms with Gasteiger partial charge in [-0.15, -0.1) is 0 Å². The van der Waals surface area contributed by atoms with Gasteiger partial charge in [0.25, 0.3) is 5.91 Å². The van der Waals surface area contributed by atoms with Crippen LogP contribution in [0.5, 0.6) is 5.75 Å². The molecule has 5 nitrogen and oxygen atoms in total. The average Bonchev–Trinajstić information content (AvgIpc) is 3.51. The smallest absolute Gasteiger partial charge is 0.258 e. The van der Waals surface area contributed by atoms with Crippen LogP contribution in [-0.2, 0) is 21.4 Å². The Kier molecular flexibility index (Phi) is 5.84. The Morgan fingerprint density at radius 2 is 1.72 bits per heavy atom. The van der Waals surface area contributed by atoms with Gasteiger partial charge in [0.2, 0.25) is 5.91 Å². The van der Waals surface area contributed by atoms with Crippen molar-refractivity contribution in [3.63, 3.8) is 0 Å². The van der Waals surface area contributed by atoms with Crippen LogP contribution in [0.15, 0.2) is 54.6 Å². The summed E-state index contributed by atoms with van der Waals surface area (Å²) < 4.78 is 5.53. The van der Waals surface area contributed by atoms with E-state index in [1.54, 1.807) is 0 Å². The van der Waals surface area contributed by atoms with Crippen molar-refractivity contribution in [1.82, 2.24) is 10.6 Å². The Morgan fingerprint density at radius 1 is 1.00 bits per heavy atom. The van der Waals surface area contributed by atoms with E-state index in [1.165, 1.54) is 0 Å². The monoisotopic (exact) mass is 392 g/mol. The lowest BCUT2D eigenvalue weighted by molar-refractivity contribution is -0.130. The van der Waals surface area contributed by atoms with Crippen molar-refractivity contribution in [2.75, 3.05) is 13.2 Å². The van der Waals surface area contributed by atoms with Crippen molar-refractivity contribution >= 4 is 11.8 Å². The normalized spacial score (nSPS) is 17.1. The molecule has 29 heavy (non-hydrogen) atoms. The number of ether oxygens (including phenoxy) is 1. The Morgan fingerprint density at radius 3 is 2.34 bits per heavy atom. The fraction of sp³-hybridized carbons (Fsp3) is 0.417. The summed E-state index contributed by atoms with van der Waals surface area (Å²) in [4.78, 5) is 24.5. The van der Waals surface area contributed by atoms with Gasteiger partial charge >= 0.3 is 0 Å². The number of carbonyl (C=O) groups excluding carboxylic acids is 2. The first kappa shape index (κ1) is 19.5. The van der Waals surface area contributed by atoms with Crippen LogP contribution in [-0.4, -0.2) is 31.0 Å². The second-order valence-electron chi connectivity index (χ2n) is 8.08. The van der Waals surface area contributed by atoms with Gasteiger partial charge in [-0.25, -0.2) is 0 Å². The number of benzene rings is 2. The highest BCUT2D eigenvalue weighted by atomic mass is 16.5. The Labute approximate surface area is 171 Å². The molecule has 0 atom stereocenters. The first-order chi connectivity index (χ1) is 14.2. The molecule has 0 spiro atoms. The van der Waals surface area contributed by atoms with Gasteiger partial charge in [0.1, 0.15) is 5.75 Å². The van der Waals surface area contributed by atoms with E-state index in [0.29, 0.717) is 18.3 Å². The van der Waals surface area contributed by atoms with Crippen LogP contribution in [0.25, 0.3) is 0 Å². The van der Waals surface area contributed by atoms with E-state index in [4.69, 9.17) is 4.74 Å². The zero-order chi connectivity index (χ0) is 20.1. The molecule has 2 aromatic rings. The van der Waals surface area contributed by atoms with Crippen LogP contribution in [0, 0.1) is 0 Å². The minimum atomic E-state index is -0.347. The van der Waals surface area contributed by atoms with E-state index in [0.717, 1.165) is 49.7 Å². The van der Waals surface area contributed by atoms with Crippen LogP contribution < -0.4 is 15.4 Å². The van der Waals surface area contributed by atoms with E-state index in [2.05, 4.69) is 22.8 Å². The van der Waals surface area contributed by atoms with Crippen LogP contribution in [0.2, 0.25) is 0 Å². The van der Waals surface area contributed by atoms with Gasteiger partial charge in [0.15, 0.2) is 6.61 Å². The first-order valence-electron chi connectivity index (χ1n) is 10.5. The molecule has 2 aliphatic carbocycles. The van der Waals surface area contributed by atoms with Crippen molar-refractivity contribution < 1.29 is 14.3 Å². The molecule has 2 aromatic carbocycles. The maximum absolute atomic E-state index is 12.9. The molecule has 0 aromatic heterocycles. The highest BCUT2D eigenvalue weighted by molar-refractivity contribution is 5.89. The van der Waals surface area contributed by atoms with Gasteiger partial charge in [-0.05, 0) is 55.4 Å². The Balaban J connectivity index is 1.23. The molecular formula is C24H28N2O3. The second-order valence-corrected chi connectivity index (χ2v) is 8.08. The van der Waals surface area contributed by atoms with Gasteiger partial charge in [0, 0.05) is 12.6 Å². The summed E-state index contributed by atoms with van der Waals surface area (Å²) in [6.45, 7) is 0.658.